The van der Waals surface area contributed by atoms with Gasteiger partial charge in [-0.2, -0.15) is 5.10 Å². The number of amides is 1. The lowest BCUT2D eigenvalue weighted by atomic mass is 9.94. The topological polar surface area (TPSA) is 69.3 Å². The second-order valence-electron chi connectivity index (χ2n) is 5.78. The molecule has 0 fully saturated rings. The van der Waals surface area contributed by atoms with E-state index in [0.717, 1.165) is 18.4 Å². The maximum absolute atomic E-state index is 12.3. The summed E-state index contributed by atoms with van der Waals surface area (Å²) in [5.41, 5.74) is 6.18. The van der Waals surface area contributed by atoms with Gasteiger partial charge in [-0.1, -0.05) is 31.5 Å². The molecule has 2 heterocycles. The van der Waals surface area contributed by atoms with Crippen LogP contribution in [0.5, 0.6) is 0 Å². The molecule has 1 aliphatic rings. The minimum Gasteiger partial charge on any atom is -0.357 e. The van der Waals surface area contributed by atoms with Crippen molar-refractivity contribution in [2.45, 2.75) is 45.2 Å². The van der Waals surface area contributed by atoms with Gasteiger partial charge in [0.15, 0.2) is 0 Å². The number of benzene rings is 1. The van der Waals surface area contributed by atoms with Crippen molar-refractivity contribution < 1.29 is 4.79 Å². The van der Waals surface area contributed by atoms with Crippen molar-refractivity contribution in [2.24, 2.45) is 5.10 Å². The standard InChI is InChI=1S/C17H22N4O/c1-3-4-9-18-21-17(22)15-10-13-12-7-5-6-8-14(12)20-16(13)11(2)19-15/h5-9,11,15,19-20H,3-4,10H2,1-2H3,(H,21,22)/b18-9+. The highest BCUT2D eigenvalue weighted by atomic mass is 16.2. The molecule has 0 saturated carbocycles. The number of para-hydroxylation sites is 1. The van der Waals surface area contributed by atoms with Gasteiger partial charge in [-0.05, 0) is 31.4 Å². The Morgan fingerprint density at radius 3 is 3.09 bits per heavy atom. The number of hydrazone groups is 1. The van der Waals surface area contributed by atoms with E-state index >= 15 is 0 Å². The van der Waals surface area contributed by atoms with Crippen molar-refractivity contribution in [3.63, 3.8) is 0 Å². The number of unbranched alkanes of at least 4 members (excludes halogenated alkanes) is 1. The maximum Gasteiger partial charge on any atom is 0.257 e. The monoisotopic (exact) mass is 298 g/mol. The first-order valence-corrected chi connectivity index (χ1v) is 7.87. The summed E-state index contributed by atoms with van der Waals surface area (Å²) in [6.45, 7) is 4.16. The molecule has 3 rings (SSSR count). The van der Waals surface area contributed by atoms with Crippen LogP contribution in [-0.4, -0.2) is 23.1 Å². The Morgan fingerprint density at radius 1 is 1.45 bits per heavy atom. The van der Waals surface area contributed by atoms with Crippen LogP contribution in [0.1, 0.15) is 44.0 Å². The smallest absolute Gasteiger partial charge is 0.257 e. The van der Waals surface area contributed by atoms with Gasteiger partial charge in [0.05, 0.1) is 6.04 Å². The average molecular weight is 298 g/mol. The third-order valence-electron chi connectivity index (χ3n) is 4.14. The second kappa shape index (κ2) is 6.32. The first-order valence-electron chi connectivity index (χ1n) is 7.87. The molecule has 5 nitrogen and oxygen atoms in total. The van der Waals surface area contributed by atoms with Gasteiger partial charge in [0.25, 0.3) is 5.91 Å². The van der Waals surface area contributed by atoms with E-state index in [0.29, 0.717) is 6.42 Å². The van der Waals surface area contributed by atoms with Crippen LogP contribution >= 0.6 is 0 Å². The molecule has 1 aromatic carbocycles. The van der Waals surface area contributed by atoms with E-state index in [1.807, 2.05) is 12.1 Å². The van der Waals surface area contributed by atoms with Crippen molar-refractivity contribution in [1.82, 2.24) is 15.7 Å². The Balaban J connectivity index is 1.79. The highest BCUT2D eigenvalue weighted by molar-refractivity contribution is 5.88. The Morgan fingerprint density at radius 2 is 2.27 bits per heavy atom. The fraction of sp³-hybridized carbons (Fsp3) is 0.412. The van der Waals surface area contributed by atoms with E-state index < -0.39 is 0 Å². The number of carbonyl (C=O) groups excluding carboxylic acids is 1. The second-order valence-corrected chi connectivity index (χ2v) is 5.78. The highest BCUT2D eigenvalue weighted by Gasteiger charge is 2.30. The van der Waals surface area contributed by atoms with Gasteiger partial charge in [0.1, 0.15) is 0 Å². The molecular weight excluding hydrogens is 276 g/mol. The van der Waals surface area contributed by atoms with Crippen molar-refractivity contribution in [1.29, 1.82) is 0 Å². The largest absolute Gasteiger partial charge is 0.357 e. The molecule has 5 heteroatoms. The van der Waals surface area contributed by atoms with Crippen LogP contribution in [-0.2, 0) is 11.2 Å². The fourth-order valence-electron chi connectivity index (χ4n) is 3.01. The van der Waals surface area contributed by atoms with Crippen LogP contribution in [0.4, 0.5) is 0 Å². The fourth-order valence-corrected chi connectivity index (χ4v) is 3.01. The zero-order chi connectivity index (χ0) is 15.5. The first kappa shape index (κ1) is 14.8. The Bertz CT molecular complexity index is 704. The summed E-state index contributed by atoms with van der Waals surface area (Å²) >= 11 is 0. The summed E-state index contributed by atoms with van der Waals surface area (Å²) in [6, 6.07) is 8.11. The van der Waals surface area contributed by atoms with E-state index in [9.17, 15) is 4.79 Å². The zero-order valence-electron chi connectivity index (χ0n) is 13.0. The lowest BCUT2D eigenvalue weighted by Crippen LogP contribution is -2.47. The van der Waals surface area contributed by atoms with Crippen LogP contribution in [0.15, 0.2) is 29.4 Å². The van der Waals surface area contributed by atoms with E-state index in [4.69, 9.17) is 0 Å². The normalized spacial score (nSPS) is 21.2. The predicted octanol–water partition coefficient (Wildman–Crippen LogP) is 2.65. The van der Waals surface area contributed by atoms with Crippen LogP contribution < -0.4 is 10.7 Å². The van der Waals surface area contributed by atoms with Gasteiger partial charge in [-0.25, -0.2) is 5.43 Å². The average Bonchev–Trinajstić information content (AvgIpc) is 2.91. The Kier molecular flexibility index (Phi) is 4.24. The third-order valence-corrected chi connectivity index (χ3v) is 4.14. The molecule has 1 aliphatic heterocycles. The van der Waals surface area contributed by atoms with Gasteiger partial charge in [-0.15, -0.1) is 0 Å². The molecule has 0 radical (unpaired) electrons. The number of rotatable bonds is 4. The minimum atomic E-state index is -0.250. The number of hydrogen-bond donors (Lipinski definition) is 3. The maximum atomic E-state index is 12.3. The summed E-state index contributed by atoms with van der Waals surface area (Å²) in [5.74, 6) is -0.0739. The summed E-state index contributed by atoms with van der Waals surface area (Å²) in [4.78, 5) is 15.7. The lowest BCUT2D eigenvalue weighted by Gasteiger charge is -2.27. The van der Waals surface area contributed by atoms with E-state index in [2.05, 4.69) is 46.8 Å². The highest BCUT2D eigenvalue weighted by Crippen LogP contribution is 2.31. The molecule has 0 saturated heterocycles. The van der Waals surface area contributed by atoms with Crippen LogP contribution in [0.3, 0.4) is 0 Å². The summed E-state index contributed by atoms with van der Waals surface area (Å²) in [6.07, 6.45) is 4.33. The van der Waals surface area contributed by atoms with Gasteiger partial charge in [0, 0.05) is 28.9 Å². The summed E-state index contributed by atoms with van der Waals surface area (Å²) < 4.78 is 0. The molecule has 116 valence electrons. The molecule has 0 aliphatic carbocycles. The van der Waals surface area contributed by atoms with Crippen molar-refractivity contribution in [3.8, 4) is 0 Å². The number of H-pyrrole nitrogens is 1. The molecule has 2 atom stereocenters. The number of aromatic nitrogens is 1. The molecular formula is C17H22N4O. The van der Waals surface area contributed by atoms with Gasteiger partial charge in [0.2, 0.25) is 0 Å². The van der Waals surface area contributed by atoms with Crippen molar-refractivity contribution >= 4 is 23.0 Å². The first-order chi connectivity index (χ1) is 10.7. The third kappa shape index (κ3) is 2.76. The molecule has 2 aromatic rings. The van der Waals surface area contributed by atoms with Crippen LogP contribution in [0.25, 0.3) is 10.9 Å². The van der Waals surface area contributed by atoms with E-state index in [1.54, 1.807) is 6.21 Å². The molecule has 0 bridgehead atoms. The van der Waals surface area contributed by atoms with Crippen LogP contribution in [0, 0.1) is 0 Å². The Hall–Kier alpha value is -2.14. The van der Waals surface area contributed by atoms with Crippen molar-refractivity contribution in [2.75, 3.05) is 0 Å². The SMILES string of the molecule is CCC/C=N/NC(=O)C1Cc2c([nH]c3ccccc23)C(C)N1. The van der Waals surface area contributed by atoms with Gasteiger partial charge >= 0.3 is 0 Å². The molecule has 1 aromatic heterocycles. The lowest BCUT2D eigenvalue weighted by molar-refractivity contribution is -0.123. The summed E-state index contributed by atoms with van der Waals surface area (Å²) in [5, 5.41) is 8.56. The molecule has 3 N–H and O–H groups in total. The van der Waals surface area contributed by atoms with Crippen molar-refractivity contribution in [3.05, 3.63) is 35.5 Å². The van der Waals surface area contributed by atoms with Crippen LogP contribution in [0.2, 0.25) is 0 Å². The quantitative estimate of drug-likeness (QED) is 0.600. The number of carbonyl (C=O) groups is 1. The number of nitrogens with zero attached hydrogens (tertiary/aromatic N) is 1. The number of hydrogen-bond acceptors (Lipinski definition) is 3. The number of aromatic amines is 1. The minimum absolute atomic E-state index is 0.0739. The van der Waals surface area contributed by atoms with E-state index in [1.165, 1.54) is 16.6 Å². The Labute approximate surface area is 130 Å². The number of nitrogens with one attached hydrogen (secondary N) is 3. The predicted molar refractivity (Wildman–Crippen MR) is 88.9 cm³/mol. The van der Waals surface area contributed by atoms with Gasteiger partial charge < -0.3 is 4.98 Å². The number of fused-ring (bicyclic) bond motifs is 3. The van der Waals surface area contributed by atoms with Gasteiger partial charge in [-0.3, -0.25) is 10.1 Å². The summed E-state index contributed by atoms with van der Waals surface area (Å²) in [7, 11) is 0. The molecule has 0 spiro atoms. The molecule has 22 heavy (non-hydrogen) atoms. The zero-order valence-corrected chi connectivity index (χ0v) is 13.0. The molecule has 1 amide bonds. The molecule has 2 unspecified atom stereocenters. The van der Waals surface area contributed by atoms with E-state index in [-0.39, 0.29) is 18.0 Å².